The number of morpholine rings is 1. The molecule has 3 aliphatic heterocycles. The van der Waals surface area contributed by atoms with E-state index >= 15 is 37.5 Å². The number of rotatable bonds is 11. The Morgan fingerprint density at radius 1 is 0.631 bits per heavy atom. The molecule has 31 heteroatoms. The Hall–Kier alpha value is -6.46. The van der Waals surface area contributed by atoms with E-state index in [9.17, 15) is 41.9 Å². The number of hydrogen-bond acceptors (Lipinski definition) is 13. The number of hydrogen-bond donors (Lipinski definition) is 3. The van der Waals surface area contributed by atoms with Gasteiger partial charge in [0.25, 0.3) is 5.92 Å². The van der Waals surface area contributed by atoms with Crippen molar-refractivity contribution >= 4 is 82.5 Å². The number of carbonyl (C=O) groups excluding carboxylic acids is 12. The summed E-state index contributed by atoms with van der Waals surface area (Å²) in [6.45, 7) is 4.55. The molecule has 11 atom stereocenters. The lowest BCUT2D eigenvalue weighted by Gasteiger charge is -2.43. The van der Waals surface area contributed by atoms with Crippen LogP contribution < -0.4 is 16.0 Å². The van der Waals surface area contributed by atoms with Crippen LogP contribution in [0, 0.1) is 35.5 Å². The van der Waals surface area contributed by atoms with Gasteiger partial charge in [-0.15, -0.1) is 11.6 Å². The lowest BCUT2D eigenvalue weighted by Crippen LogP contribution is -2.65. The summed E-state index contributed by atoms with van der Waals surface area (Å²) in [6, 6.07) is -10.2. The molecular formula is C72H114ClF5N12O13. The van der Waals surface area contributed by atoms with E-state index in [2.05, 4.69) is 16.0 Å². The van der Waals surface area contributed by atoms with Gasteiger partial charge in [-0.05, 0) is 100 Å². The number of fused-ring (bicyclic) bond motifs is 1. The largest absolute Gasteiger partial charge is 0.393 e. The third-order valence-corrected chi connectivity index (χ3v) is 23.6. The van der Waals surface area contributed by atoms with Crippen molar-refractivity contribution in [3.63, 3.8) is 0 Å². The van der Waals surface area contributed by atoms with Crippen molar-refractivity contribution in [2.24, 2.45) is 35.5 Å². The second kappa shape index (κ2) is 36.7. The Labute approximate surface area is 608 Å². The normalized spacial score (nSPS) is 30.1. The van der Waals surface area contributed by atoms with Crippen molar-refractivity contribution in [2.75, 3.05) is 102 Å². The highest BCUT2D eigenvalue weighted by Gasteiger charge is 2.56. The molecule has 1 spiro atoms. The average molecular weight is 1490 g/mol. The molecular weight excluding hydrogens is 1370 g/mol. The molecule has 0 aromatic carbocycles. The van der Waals surface area contributed by atoms with Crippen LogP contribution in [-0.2, 0) is 62.3 Å². The highest BCUT2D eigenvalue weighted by atomic mass is 35.5. The van der Waals surface area contributed by atoms with E-state index in [1.165, 1.54) is 68.9 Å². The fourth-order valence-corrected chi connectivity index (χ4v) is 17.0. The fourth-order valence-electron chi connectivity index (χ4n) is 16.5. The number of amides is 12. The highest BCUT2D eigenvalue weighted by molar-refractivity contribution is 6.21. The Kier molecular flexibility index (Phi) is 29.9. The minimum absolute atomic E-state index is 0.0152. The average Bonchev–Trinajstić information content (AvgIpc) is 1.71. The van der Waals surface area contributed by atoms with E-state index in [-0.39, 0.29) is 95.9 Å². The van der Waals surface area contributed by atoms with Gasteiger partial charge in [-0.2, -0.15) is 13.2 Å². The van der Waals surface area contributed by atoms with E-state index in [0.29, 0.717) is 49.8 Å². The lowest BCUT2D eigenvalue weighted by molar-refractivity contribution is -0.182. The van der Waals surface area contributed by atoms with E-state index in [4.69, 9.17) is 16.3 Å². The number of ether oxygens (including phenoxy) is 1. The van der Waals surface area contributed by atoms with Crippen LogP contribution in [0.1, 0.15) is 182 Å². The van der Waals surface area contributed by atoms with Crippen LogP contribution in [0.15, 0.2) is 0 Å². The molecule has 12 amide bonds. The Morgan fingerprint density at radius 3 is 1.82 bits per heavy atom. The fraction of sp³-hybridized carbons (Fsp3) is 0.833. The zero-order valence-corrected chi connectivity index (χ0v) is 63.1. The maximum absolute atomic E-state index is 16.2. The van der Waals surface area contributed by atoms with Gasteiger partial charge in [0.1, 0.15) is 47.8 Å². The van der Waals surface area contributed by atoms with Crippen molar-refractivity contribution in [2.45, 2.75) is 247 Å². The molecule has 7 aliphatic rings. The van der Waals surface area contributed by atoms with Crippen LogP contribution in [0.2, 0.25) is 0 Å². The van der Waals surface area contributed by atoms with Gasteiger partial charge in [0.05, 0.1) is 51.7 Å². The minimum atomic E-state index is -4.59. The predicted molar refractivity (Wildman–Crippen MR) is 372 cm³/mol. The minimum Gasteiger partial charge on any atom is -0.378 e. The van der Waals surface area contributed by atoms with Crippen molar-refractivity contribution in [1.29, 1.82) is 0 Å². The quantitative estimate of drug-likeness (QED) is 0.169. The molecule has 0 radical (unpaired) electrons. The topological polar surface area (TPSA) is 279 Å². The number of nitrogens with one attached hydrogen (secondary N) is 3. The first-order valence-electron chi connectivity index (χ1n) is 37.4. The third-order valence-electron chi connectivity index (χ3n) is 23.1. The zero-order chi connectivity index (χ0) is 76.2. The summed E-state index contributed by atoms with van der Waals surface area (Å²) in [6.07, 6.45) is 1.28. The summed E-state index contributed by atoms with van der Waals surface area (Å²) in [5, 5.41) is 6.97. The molecule has 4 aliphatic carbocycles. The van der Waals surface area contributed by atoms with E-state index in [0.717, 1.165) is 58.1 Å². The lowest BCUT2D eigenvalue weighted by atomic mass is 9.78. The summed E-state index contributed by atoms with van der Waals surface area (Å²) in [5.41, 5.74) is -1.83. The third kappa shape index (κ3) is 21.4. The zero-order valence-electron chi connectivity index (χ0n) is 62.3. The summed E-state index contributed by atoms with van der Waals surface area (Å²) < 4.78 is 80.1. The van der Waals surface area contributed by atoms with Gasteiger partial charge in [0.15, 0.2) is 0 Å². The Balaban J connectivity index is 1.30. The van der Waals surface area contributed by atoms with Crippen LogP contribution in [-0.4, -0.2) is 282 Å². The number of likely N-dealkylation sites (N-methyl/N-ethyl adjacent to an activating group) is 7. The molecule has 0 aromatic heterocycles. The van der Waals surface area contributed by atoms with E-state index in [1.807, 2.05) is 20.8 Å². The van der Waals surface area contributed by atoms with Crippen molar-refractivity contribution in [3.05, 3.63) is 0 Å². The van der Waals surface area contributed by atoms with Crippen LogP contribution in [0.3, 0.4) is 0 Å². The molecule has 3 heterocycles. The van der Waals surface area contributed by atoms with Gasteiger partial charge in [0, 0.05) is 74.2 Å². The first-order chi connectivity index (χ1) is 48.4. The SMILES string of the molecule is CC[C@H](C)[C@@H]1NC(=O)[C@H](CC(C)C)N(C)C(=O)C[C@@H](C(=O)N2CCOCC2)N(C)C(=O)[C@H](C2CCCCC2)N(C)C(=O)C2(CCCC2)NC(=O)[C@@H]2CC(F)(F)CN2C(=O)[C@H](CCC2CCC(C(F)(F)F)C(Cl)C2)NC(=O)CN(C)C(=O)[C@H](CC2CCCCC2)N(C)C(=O)CN(C)C(=O)CN(C)C1=O. The first kappa shape index (κ1) is 83.8. The Morgan fingerprint density at radius 2 is 1.22 bits per heavy atom. The summed E-state index contributed by atoms with van der Waals surface area (Å²) >= 11 is 6.36. The van der Waals surface area contributed by atoms with Gasteiger partial charge in [-0.25, -0.2) is 8.78 Å². The summed E-state index contributed by atoms with van der Waals surface area (Å²) in [7, 11) is 9.57. The summed E-state index contributed by atoms with van der Waals surface area (Å²) in [4.78, 5) is 190. The molecule has 25 nitrogen and oxygen atoms in total. The maximum Gasteiger partial charge on any atom is 0.393 e. The van der Waals surface area contributed by atoms with Crippen LogP contribution in [0.4, 0.5) is 22.0 Å². The molecule has 582 valence electrons. The van der Waals surface area contributed by atoms with Gasteiger partial charge in [-0.1, -0.05) is 98.3 Å². The number of alkyl halides is 6. The molecule has 0 aromatic rings. The van der Waals surface area contributed by atoms with Crippen LogP contribution in [0.25, 0.3) is 0 Å². The second-order valence-corrected chi connectivity index (χ2v) is 31.7. The molecule has 3 N–H and O–H groups in total. The Bertz CT molecular complexity index is 3020. The highest BCUT2D eigenvalue weighted by Crippen LogP contribution is 2.44. The molecule has 3 saturated heterocycles. The second-order valence-electron chi connectivity index (χ2n) is 31.1. The van der Waals surface area contributed by atoms with Crippen LogP contribution >= 0.6 is 11.6 Å². The molecule has 7 rings (SSSR count). The van der Waals surface area contributed by atoms with Gasteiger partial charge < -0.3 is 64.8 Å². The molecule has 103 heavy (non-hydrogen) atoms. The maximum atomic E-state index is 16.2. The molecule has 0 bridgehead atoms. The standard InChI is InChI=1S/C72H114ClF5N12O13/c1-12-45(4)60-67(100)84(7)41-58(93)82(5)42-59(94)86(9)53(37-46-21-15-13-16-22-46)65(98)83(6)40-56(91)79-51(28-26-47-25-27-49(50(73)36-47)72(76,77)78)64(97)90-43-71(74,75)39-55(90)63(96)81-70(29-19-20-30-70)69(102)88(11)61(48-23-17-14-18-24-48)68(101)87(10)54(66(99)89-31-33-103-34-32-89)38-57(92)85(8)52(35-44(2)3)62(95)80-60/h44-55,60-61H,12-43H2,1-11H3,(H,79,91)(H,80,95)(H,81,96)/t45-,47?,49?,50?,51-,52-,53-,54-,55-,60-,61-/m0/s1. The molecule has 7 fully saturated rings. The van der Waals surface area contributed by atoms with Crippen molar-refractivity contribution < 1.29 is 84.2 Å². The van der Waals surface area contributed by atoms with Gasteiger partial charge >= 0.3 is 6.18 Å². The summed E-state index contributed by atoms with van der Waals surface area (Å²) in [5.74, 6) is -16.8. The van der Waals surface area contributed by atoms with E-state index < -0.39 is 199 Å². The first-order valence-corrected chi connectivity index (χ1v) is 37.8. The molecule has 3 unspecified atom stereocenters. The monoisotopic (exact) mass is 1480 g/mol. The number of carbonyl (C=O) groups is 12. The van der Waals surface area contributed by atoms with Crippen molar-refractivity contribution in [1.82, 2.24) is 60.0 Å². The van der Waals surface area contributed by atoms with Crippen LogP contribution in [0.5, 0.6) is 0 Å². The van der Waals surface area contributed by atoms with E-state index in [1.54, 1.807) is 6.92 Å². The van der Waals surface area contributed by atoms with Crippen molar-refractivity contribution in [3.8, 4) is 0 Å². The number of nitrogens with zero attached hydrogens (tertiary/aromatic N) is 9. The number of halogens is 6. The van der Waals surface area contributed by atoms with Gasteiger partial charge in [0.2, 0.25) is 70.9 Å². The van der Waals surface area contributed by atoms with Gasteiger partial charge in [-0.3, -0.25) is 57.5 Å². The smallest absolute Gasteiger partial charge is 0.378 e. The molecule has 4 saturated carbocycles. The predicted octanol–water partition coefficient (Wildman–Crippen LogP) is 5.58.